The van der Waals surface area contributed by atoms with E-state index < -0.39 is 6.10 Å². The summed E-state index contributed by atoms with van der Waals surface area (Å²) in [6.07, 6.45) is 2.15. The second-order valence-electron chi connectivity index (χ2n) is 9.55. The molecule has 1 aliphatic rings. The molecule has 6 rings (SSSR count). The van der Waals surface area contributed by atoms with Crippen LogP contribution >= 0.6 is 0 Å². The summed E-state index contributed by atoms with van der Waals surface area (Å²) in [5, 5.41) is 11.0. The Morgan fingerprint density at radius 1 is 0.914 bits per heavy atom. The lowest BCUT2D eigenvalue weighted by Crippen LogP contribution is -2.39. The largest absolute Gasteiger partial charge is 0.390 e. The van der Waals surface area contributed by atoms with Crippen LogP contribution < -0.4 is 5.69 Å². The van der Waals surface area contributed by atoms with Gasteiger partial charge in [0.2, 0.25) is 0 Å². The van der Waals surface area contributed by atoms with Gasteiger partial charge in [-0.05, 0) is 47.4 Å². The molecule has 35 heavy (non-hydrogen) atoms. The molecular weight excluding hydrogens is 438 g/mol. The maximum absolute atomic E-state index is 13.5. The van der Waals surface area contributed by atoms with E-state index in [1.807, 2.05) is 48.0 Å². The van der Waals surface area contributed by atoms with Gasteiger partial charge < -0.3 is 9.67 Å². The van der Waals surface area contributed by atoms with Crippen LogP contribution in [0.25, 0.3) is 22.1 Å². The highest BCUT2D eigenvalue weighted by atomic mass is 16.3. The van der Waals surface area contributed by atoms with Crippen molar-refractivity contribution in [2.75, 3.05) is 13.1 Å². The van der Waals surface area contributed by atoms with E-state index in [4.69, 9.17) is 0 Å². The highest BCUT2D eigenvalue weighted by Gasteiger charge is 2.21. The number of nitrogens with zero attached hydrogens (tertiary/aromatic N) is 5. The van der Waals surface area contributed by atoms with E-state index in [0.29, 0.717) is 13.1 Å². The van der Waals surface area contributed by atoms with Crippen LogP contribution in [0, 0.1) is 0 Å². The van der Waals surface area contributed by atoms with E-state index in [2.05, 4.69) is 40.2 Å². The van der Waals surface area contributed by atoms with E-state index in [9.17, 15) is 9.90 Å². The molecule has 1 atom stereocenters. The fourth-order valence-corrected chi connectivity index (χ4v) is 5.33. The van der Waals surface area contributed by atoms with Crippen LogP contribution in [0.3, 0.4) is 0 Å². The quantitative estimate of drug-likeness (QED) is 0.417. The van der Waals surface area contributed by atoms with Crippen LogP contribution in [0.15, 0.2) is 77.9 Å². The van der Waals surface area contributed by atoms with Gasteiger partial charge in [-0.15, -0.1) is 0 Å². The minimum atomic E-state index is -0.636. The monoisotopic (exact) mass is 467 g/mol. The zero-order valence-electron chi connectivity index (χ0n) is 19.8. The molecule has 3 aromatic carbocycles. The molecule has 1 N–H and O–H groups in total. The normalized spacial score (nSPS) is 15.0. The van der Waals surface area contributed by atoms with Crippen LogP contribution in [0.5, 0.6) is 0 Å². The number of imidazole rings is 2. The number of rotatable bonds is 6. The van der Waals surface area contributed by atoms with E-state index in [-0.39, 0.29) is 12.2 Å². The van der Waals surface area contributed by atoms with Crippen molar-refractivity contribution in [1.29, 1.82) is 0 Å². The van der Waals surface area contributed by atoms with Crippen molar-refractivity contribution in [2.45, 2.75) is 32.2 Å². The number of β-amino-alcohol motifs (C(OH)–C–C–N with tert-alkyl or cyclic N) is 1. The van der Waals surface area contributed by atoms with Gasteiger partial charge in [0.15, 0.2) is 0 Å². The van der Waals surface area contributed by atoms with Crippen molar-refractivity contribution in [3.63, 3.8) is 0 Å². The third-order valence-electron chi connectivity index (χ3n) is 7.13. The van der Waals surface area contributed by atoms with Gasteiger partial charge in [0.05, 0.1) is 47.6 Å². The molecule has 0 radical (unpaired) electrons. The average molecular weight is 468 g/mol. The Morgan fingerprint density at radius 2 is 1.66 bits per heavy atom. The highest BCUT2D eigenvalue weighted by Crippen LogP contribution is 2.20. The van der Waals surface area contributed by atoms with Crippen molar-refractivity contribution in [2.24, 2.45) is 7.05 Å². The number of aliphatic hydroxyl groups excluding tert-OH is 1. The van der Waals surface area contributed by atoms with E-state index >= 15 is 0 Å². The number of hydrogen-bond acceptors (Lipinski definition) is 4. The zero-order chi connectivity index (χ0) is 23.9. The summed E-state index contributed by atoms with van der Waals surface area (Å²) in [7, 11) is 1.97. The standard InChI is InChI=1S/C28H29N5O2/c1-30-19-29-24-11-10-20(14-27(24)30)15-32-25-8-4-5-9-26(25)33(28(32)35)18-23(34)17-31-13-12-21-6-2-3-7-22(21)16-31/h2-11,14,19,23,34H,12-13,15-18H2,1H3. The summed E-state index contributed by atoms with van der Waals surface area (Å²) < 4.78 is 5.51. The molecule has 0 aliphatic carbocycles. The van der Waals surface area contributed by atoms with Crippen LogP contribution in [-0.4, -0.2) is 47.9 Å². The van der Waals surface area contributed by atoms with Gasteiger partial charge in [0, 0.05) is 26.7 Å². The van der Waals surface area contributed by atoms with E-state index in [0.717, 1.165) is 47.1 Å². The summed E-state index contributed by atoms with van der Waals surface area (Å²) in [5.74, 6) is 0. The Kier molecular flexibility index (Phi) is 5.51. The molecule has 3 heterocycles. The van der Waals surface area contributed by atoms with Gasteiger partial charge in [-0.2, -0.15) is 0 Å². The molecule has 0 saturated heterocycles. The number of aromatic nitrogens is 4. The van der Waals surface area contributed by atoms with E-state index in [1.54, 1.807) is 15.5 Å². The summed E-state index contributed by atoms with van der Waals surface area (Å²) in [5.41, 5.74) is 7.36. The number of aryl methyl sites for hydroxylation is 1. The first-order chi connectivity index (χ1) is 17.1. The van der Waals surface area contributed by atoms with Gasteiger partial charge >= 0.3 is 5.69 Å². The van der Waals surface area contributed by atoms with Crippen LogP contribution in [0.1, 0.15) is 16.7 Å². The lowest BCUT2D eigenvalue weighted by Gasteiger charge is -2.30. The summed E-state index contributed by atoms with van der Waals surface area (Å²) in [6, 6.07) is 22.4. The molecule has 0 saturated carbocycles. The van der Waals surface area contributed by atoms with Crippen molar-refractivity contribution < 1.29 is 5.11 Å². The fraction of sp³-hybridized carbons (Fsp3) is 0.286. The Labute approximate surface area is 203 Å². The minimum Gasteiger partial charge on any atom is -0.390 e. The first-order valence-electron chi connectivity index (χ1n) is 12.1. The molecule has 1 unspecified atom stereocenters. The van der Waals surface area contributed by atoms with Crippen molar-refractivity contribution in [1.82, 2.24) is 23.6 Å². The van der Waals surface area contributed by atoms with Crippen molar-refractivity contribution in [3.8, 4) is 0 Å². The molecule has 0 fully saturated rings. The second-order valence-corrected chi connectivity index (χ2v) is 9.55. The third kappa shape index (κ3) is 4.07. The number of benzene rings is 3. The average Bonchev–Trinajstić information content (AvgIpc) is 3.37. The summed E-state index contributed by atoms with van der Waals surface area (Å²) >= 11 is 0. The molecule has 178 valence electrons. The van der Waals surface area contributed by atoms with Crippen LogP contribution in [0.4, 0.5) is 0 Å². The molecule has 0 spiro atoms. The number of fused-ring (bicyclic) bond motifs is 3. The van der Waals surface area contributed by atoms with Gasteiger partial charge in [-0.1, -0.05) is 42.5 Å². The minimum absolute atomic E-state index is 0.0978. The van der Waals surface area contributed by atoms with Gasteiger partial charge in [0.25, 0.3) is 0 Å². The molecule has 7 heteroatoms. The molecule has 0 bridgehead atoms. The Hall–Kier alpha value is -3.68. The zero-order valence-corrected chi connectivity index (χ0v) is 19.8. The second kappa shape index (κ2) is 8.83. The Bertz CT molecular complexity index is 1580. The van der Waals surface area contributed by atoms with Crippen molar-refractivity contribution in [3.05, 3.63) is 100 Å². The predicted octanol–water partition coefficient (Wildman–Crippen LogP) is 3.16. The first-order valence-corrected chi connectivity index (χ1v) is 12.1. The van der Waals surface area contributed by atoms with E-state index in [1.165, 1.54) is 11.1 Å². The highest BCUT2D eigenvalue weighted by molar-refractivity contribution is 5.77. The SMILES string of the molecule is Cn1cnc2ccc(Cn3c(=O)n(CC(O)CN4CCc5ccccc5C4)c4ccccc43)cc21. The molecule has 1 aliphatic heterocycles. The van der Waals surface area contributed by atoms with Crippen molar-refractivity contribution >= 4 is 22.1 Å². The predicted molar refractivity (Wildman–Crippen MR) is 137 cm³/mol. The number of para-hydroxylation sites is 2. The Balaban J connectivity index is 1.26. The molecule has 5 aromatic rings. The maximum atomic E-state index is 13.5. The smallest absolute Gasteiger partial charge is 0.329 e. The number of aliphatic hydroxyl groups is 1. The lowest BCUT2D eigenvalue weighted by molar-refractivity contribution is 0.0918. The summed E-state index contributed by atoms with van der Waals surface area (Å²) in [4.78, 5) is 20.2. The van der Waals surface area contributed by atoms with Crippen LogP contribution in [-0.2, 0) is 33.1 Å². The third-order valence-corrected chi connectivity index (χ3v) is 7.13. The number of hydrogen-bond donors (Lipinski definition) is 1. The summed E-state index contributed by atoms with van der Waals surface area (Å²) in [6.45, 7) is 3.02. The Morgan fingerprint density at radius 3 is 2.49 bits per heavy atom. The van der Waals surface area contributed by atoms with Gasteiger partial charge in [-0.3, -0.25) is 14.0 Å². The van der Waals surface area contributed by atoms with Gasteiger partial charge in [-0.25, -0.2) is 9.78 Å². The molecular formula is C28H29N5O2. The van der Waals surface area contributed by atoms with Crippen LogP contribution in [0.2, 0.25) is 0 Å². The molecule has 2 aromatic heterocycles. The first kappa shape index (κ1) is 21.8. The topological polar surface area (TPSA) is 68.2 Å². The molecule has 7 nitrogen and oxygen atoms in total. The lowest BCUT2D eigenvalue weighted by atomic mass is 10.00. The van der Waals surface area contributed by atoms with Gasteiger partial charge in [0.1, 0.15) is 0 Å². The fourth-order valence-electron chi connectivity index (χ4n) is 5.33. The molecule has 0 amide bonds. The maximum Gasteiger partial charge on any atom is 0.329 e.